The Labute approximate surface area is 122 Å². The molecule has 6 nitrogen and oxygen atoms in total. The minimum Gasteiger partial charge on any atom is -0.397 e. The summed E-state index contributed by atoms with van der Waals surface area (Å²) in [6.45, 7) is 0.282. The number of aromatic nitrogens is 1. The van der Waals surface area contributed by atoms with E-state index in [2.05, 4.69) is 10.3 Å². The monoisotopic (exact) mass is 305 g/mol. The Morgan fingerprint density at radius 1 is 1.24 bits per heavy atom. The van der Waals surface area contributed by atoms with Gasteiger partial charge in [0.15, 0.2) is 9.84 Å². The largest absolute Gasteiger partial charge is 0.397 e. The van der Waals surface area contributed by atoms with E-state index in [1.807, 2.05) is 0 Å². The summed E-state index contributed by atoms with van der Waals surface area (Å²) >= 11 is 0. The number of amides is 1. The number of benzene rings is 1. The summed E-state index contributed by atoms with van der Waals surface area (Å²) in [4.78, 5) is 16.0. The van der Waals surface area contributed by atoms with Gasteiger partial charge < -0.3 is 11.1 Å². The van der Waals surface area contributed by atoms with E-state index in [-0.39, 0.29) is 17.3 Å². The Morgan fingerprint density at radius 3 is 2.48 bits per heavy atom. The molecule has 0 saturated heterocycles. The van der Waals surface area contributed by atoms with Crippen molar-refractivity contribution in [2.24, 2.45) is 0 Å². The van der Waals surface area contributed by atoms with Crippen LogP contribution in [0, 0.1) is 0 Å². The van der Waals surface area contributed by atoms with Crippen LogP contribution in [0.5, 0.6) is 0 Å². The predicted octanol–water partition coefficient (Wildman–Crippen LogP) is 0.997. The second-order valence-corrected chi connectivity index (χ2v) is 6.58. The molecule has 7 heteroatoms. The van der Waals surface area contributed by atoms with Crippen molar-refractivity contribution >= 4 is 21.4 Å². The summed E-state index contributed by atoms with van der Waals surface area (Å²) in [6, 6.07) is 7.88. The van der Waals surface area contributed by atoms with Crippen molar-refractivity contribution < 1.29 is 13.2 Å². The van der Waals surface area contributed by atoms with E-state index >= 15 is 0 Å². The smallest absolute Gasteiger partial charge is 0.253 e. The lowest BCUT2D eigenvalue weighted by Crippen LogP contribution is -2.23. The Kier molecular flexibility index (Phi) is 4.23. The molecule has 0 saturated carbocycles. The van der Waals surface area contributed by atoms with E-state index in [1.165, 1.54) is 30.6 Å². The predicted molar refractivity (Wildman–Crippen MR) is 79.4 cm³/mol. The highest BCUT2D eigenvalue weighted by Gasteiger charge is 2.09. The van der Waals surface area contributed by atoms with Gasteiger partial charge in [0.05, 0.1) is 22.3 Å². The minimum atomic E-state index is -3.21. The lowest BCUT2D eigenvalue weighted by Gasteiger charge is -2.07. The van der Waals surface area contributed by atoms with Gasteiger partial charge in [-0.3, -0.25) is 9.78 Å². The maximum absolute atomic E-state index is 12.0. The first-order valence-electron chi connectivity index (χ1n) is 6.14. The molecule has 21 heavy (non-hydrogen) atoms. The van der Waals surface area contributed by atoms with Crippen LogP contribution < -0.4 is 11.1 Å². The average Bonchev–Trinajstić information content (AvgIpc) is 2.45. The molecule has 1 aromatic heterocycles. The number of nitrogens with one attached hydrogen (secondary N) is 1. The Morgan fingerprint density at radius 2 is 1.90 bits per heavy atom. The molecule has 110 valence electrons. The fraction of sp³-hybridized carbons (Fsp3) is 0.143. The van der Waals surface area contributed by atoms with E-state index in [0.29, 0.717) is 11.3 Å². The number of sulfone groups is 1. The Bertz CT molecular complexity index is 755. The van der Waals surface area contributed by atoms with Crippen LogP contribution in [-0.2, 0) is 16.4 Å². The van der Waals surface area contributed by atoms with Gasteiger partial charge in [-0.2, -0.15) is 0 Å². The Balaban J connectivity index is 2.04. The summed E-state index contributed by atoms with van der Waals surface area (Å²) in [5, 5.41) is 2.72. The molecule has 2 aromatic rings. The van der Waals surface area contributed by atoms with Crippen LogP contribution in [0.15, 0.2) is 47.6 Å². The molecule has 0 spiro atoms. The van der Waals surface area contributed by atoms with Gasteiger partial charge in [-0.1, -0.05) is 12.1 Å². The van der Waals surface area contributed by atoms with E-state index in [9.17, 15) is 13.2 Å². The van der Waals surface area contributed by atoms with Gasteiger partial charge in [0.25, 0.3) is 5.91 Å². The third-order valence-electron chi connectivity index (χ3n) is 2.90. The van der Waals surface area contributed by atoms with E-state index in [4.69, 9.17) is 5.73 Å². The summed E-state index contributed by atoms with van der Waals surface area (Å²) < 4.78 is 22.7. The van der Waals surface area contributed by atoms with Crippen LogP contribution in [0.25, 0.3) is 0 Å². The van der Waals surface area contributed by atoms with Gasteiger partial charge in [-0.25, -0.2) is 8.42 Å². The molecule has 0 aliphatic carbocycles. The number of rotatable bonds is 4. The minimum absolute atomic E-state index is 0.246. The summed E-state index contributed by atoms with van der Waals surface area (Å²) in [6.07, 6.45) is 4.05. The van der Waals surface area contributed by atoms with E-state index in [1.54, 1.807) is 12.1 Å². The van der Waals surface area contributed by atoms with Gasteiger partial charge in [0.1, 0.15) is 0 Å². The van der Waals surface area contributed by atoms with Crippen molar-refractivity contribution in [1.82, 2.24) is 10.3 Å². The number of nitrogens with zero attached hydrogens (tertiary/aromatic N) is 1. The Hall–Kier alpha value is -2.41. The summed E-state index contributed by atoms with van der Waals surface area (Å²) in [5.74, 6) is -0.304. The van der Waals surface area contributed by atoms with Crippen molar-refractivity contribution in [3.8, 4) is 0 Å². The number of nitrogen functional groups attached to an aromatic ring is 1. The molecule has 3 N–H and O–H groups in total. The number of carbonyl (C=O) groups excluding carboxylic acids is 1. The van der Waals surface area contributed by atoms with Crippen molar-refractivity contribution in [2.45, 2.75) is 11.4 Å². The SMILES string of the molecule is CS(=O)(=O)c1ccc(CNC(=O)c2ccncc2N)cc1. The molecule has 2 rings (SSSR count). The number of nitrogens with two attached hydrogens (primary N) is 1. The van der Waals surface area contributed by atoms with Crippen LogP contribution in [0.1, 0.15) is 15.9 Å². The normalized spacial score (nSPS) is 11.1. The highest BCUT2D eigenvalue weighted by atomic mass is 32.2. The standard InChI is InChI=1S/C14H15N3O3S/c1-21(19,20)11-4-2-10(3-5-11)8-17-14(18)12-6-7-16-9-13(12)15/h2-7,9H,8,15H2,1H3,(H,17,18). The molecular formula is C14H15N3O3S. The first-order chi connectivity index (χ1) is 9.88. The van der Waals surface area contributed by atoms with Crippen molar-refractivity contribution in [3.63, 3.8) is 0 Å². The molecule has 1 amide bonds. The number of carbonyl (C=O) groups is 1. The third kappa shape index (κ3) is 3.79. The molecule has 0 aliphatic heterocycles. The van der Waals surface area contributed by atoms with Crippen molar-refractivity contribution in [3.05, 3.63) is 53.9 Å². The lowest BCUT2D eigenvalue weighted by atomic mass is 10.2. The first kappa shape index (κ1) is 15.0. The fourth-order valence-corrected chi connectivity index (χ4v) is 2.38. The number of hydrogen-bond donors (Lipinski definition) is 2. The maximum Gasteiger partial charge on any atom is 0.253 e. The van der Waals surface area contributed by atoms with Gasteiger partial charge in [-0.15, -0.1) is 0 Å². The topological polar surface area (TPSA) is 102 Å². The van der Waals surface area contributed by atoms with Crippen molar-refractivity contribution in [1.29, 1.82) is 0 Å². The highest BCUT2D eigenvalue weighted by molar-refractivity contribution is 7.90. The van der Waals surface area contributed by atoms with Crippen LogP contribution in [0.3, 0.4) is 0 Å². The molecule has 0 bridgehead atoms. The molecule has 0 radical (unpaired) electrons. The van der Waals surface area contributed by atoms with Crippen molar-refractivity contribution in [2.75, 3.05) is 12.0 Å². The molecular weight excluding hydrogens is 290 g/mol. The van der Waals surface area contributed by atoms with Crippen LogP contribution >= 0.6 is 0 Å². The molecule has 0 fully saturated rings. The third-order valence-corrected chi connectivity index (χ3v) is 4.03. The summed E-state index contributed by atoms with van der Waals surface area (Å²) in [7, 11) is -3.21. The van der Waals surface area contributed by atoms with Gasteiger partial charge in [-0.05, 0) is 23.8 Å². The summed E-state index contributed by atoms with van der Waals surface area (Å²) in [5.41, 5.74) is 7.13. The molecule has 0 atom stereocenters. The zero-order chi connectivity index (χ0) is 15.5. The van der Waals surface area contributed by atoms with Gasteiger partial charge in [0, 0.05) is 19.0 Å². The van der Waals surface area contributed by atoms with E-state index in [0.717, 1.165) is 11.8 Å². The highest BCUT2D eigenvalue weighted by Crippen LogP contribution is 2.11. The molecule has 1 heterocycles. The van der Waals surface area contributed by atoms with Gasteiger partial charge >= 0.3 is 0 Å². The molecule has 1 aromatic carbocycles. The quantitative estimate of drug-likeness (QED) is 0.877. The number of pyridine rings is 1. The number of anilines is 1. The van der Waals surface area contributed by atoms with Crippen LogP contribution in [0.4, 0.5) is 5.69 Å². The van der Waals surface area contributed by atoms with E-state index < -0.39 is 9.84 Å². The average molecular weight is 305 g/mol. The maximum atomic E-state index is 12.0. The lowest BCUT2D eigenvalue weighted by molar-refractivity contribution is 0.0951. The molecule has 0 unspecified atom stereocenters. The fourth-order valence-electron chi connectivity index (χ4n) is 1.75. The second kappa shape index (κ2) is 5.92. The first-order valence-corrected chi connectivity index (χ1v) is 8.04. The zero-order valence-electron chi connectivity index (χ0n) is 11.4. The number of hydrogen-bond acceptors (Lipinski definition) is 5. The second-order valence-electron chi connectivity index (χ2n) is 4.56. The zero-order valence-corrected chi connectivity index (χ0v) is 12.2. The van der Waals surface area contributed by atoms with Crippen LogP contribution in [0.2, 0.25) is 0 Å². The van der Waals surface area contributed by atoms with Crippen LogP contribution in [-0.4, -0.2) is 25.6 Å². The molecule has 0 aliphatic rings. The van der Waals surface area contributed by atoms with Gasteiger partial charge in [0.2, 0.25) is 0 Å².